The third-order valence-corrected chi connectivity index (χ3v) is 3.32. The van der Waals surface area contributed by atoms with Crippen molar-refractivity contribution < 1.29 is 4.79 Å². The smallest absolute Gasteiger partial charge is 0.179 e. The van der Waals surface area contributed by atoms with E-state index in [9.17, 15) is 4.79 Å². The summed E-state index contributed by atoms with van der Waals surface area (Å²) in [6.07, 6.45) is 4.26. The SMILES string of the molecule is CCC(C)C(C)C(=O)C1=NCCCC1. The van der Waals surface area contributed by atoms with Crippen molar-refractivity contribution in [2.45, 2.75) is 46.5 Å². The highest BCUT2D eigenvalue weighted by atomic mass is 16.1. The fourth-order valence-electron chi connectivity index (χ4n) is 1.77. The molecule has 1 aliphatic heterocycles. The van der Waals surface area contributed by atoms with Gasteiger partial charge in [0.05, 0.1) is 5.71 Å². The predicted molar refractivity (Wildman–Crippen MR) is 59.8 cm³/mol. The maximum absolute atomic E-state index is 12.0. The van der Waals surface area contributed by atoms with Crippen molar-refractivity contribution in [3.8, 4) is 0 Å². The summed E-state index contributed by atoms with van der Waals surface area (Å²) in [5, 5.41) is 0. The van der Waals surface area contributed by atoms with Crippen LogP contribution in [-0.2, 0) is 4.79 Å². The summed E-state index contributed by atoms with van der Waals surface area (Å²) in [6.45, 7) is 7.17. The Morgan fingerprint density at radius 2 is 2.14 bits per heavy atom. The van der Waals surface area contributed by atoms with Gasteiger partial charge in [-0.1, -0.05) is 27.2 Å². The van der Waals surface area contributed by atoms with Crippen molar-refractivity contribution in [3.63, 3.8) is 0 Å². The van der Waals surface area contributed by atoms with Gasteiger partial charge in [-0.15, -0.1) is 0 Å². The van der Waals surface area contributed by atoms with Gasteiger partial charge < -0.3 is 0 Å². The van der Waals surface area contributed by atoms with Gasteiger partial charge in [-0.05, 0) is 25.2 Å². The van der Waals surface area contributed by atoms with Gasteiger partial charge in [-0.2, -0.15) is 0 Å². The zero-order chi connectivity index (χ0) is 10.6. The van der Waals surface area contributed by atoms with Crippen molar-refractivity contribution in [2.75, 3.05) is 6.54 Å². The minimum atomic E-state index is 0.150. The predicted octanol–water partition coefficient (Wildman–Crippen LogP) is 2.86. The second-order valence-electron chi connectivity index (χ2n) is 4.32. The molecule has 2 heteroatoms. The number of nitrogens with zero attached hydrogens (tertiary/aromatic N) is 1. The Kier molecular flexibility index (Phi) is 4.30. The van der Waals surface area contributed by atoms with Crippen LogP contribution < -0.4 is 0 Å². The van der Waals surface area contributed by atoms with Crippen LogP contribution in [0.2, 0.25) is 0 Å². The summed E-state index contributed by atoms with van der Waals surface area (Å²) in [5.41, 5.74) is 0.851. The average Bonchev–Trinajstić information content (AvgIpc) is 2.27. The first-order valence-corrected chi connectivity index (χ1v) is 5.74. The van der Waals surface area contributed by atoms with Gasteiger partial charge in [0.2, 0.25) is 0 Å². The third-order valence-electron chi connectivity index (χ3n) is 3.32. The molecule has 0 aromatic carbocycles. The highest BCUT2D eigenvalue weighted by Crippen LogP contribution is 2.18. The molecule has 0 saturated heterocycles. The molecule has 14 heavy (non-hydrogen) atoms. The van der Waals surface area contributed by atoms with Crippen LogP contribution in [0, 0.1) is 11.8 Å². The van der Waals surface area contributed by atoms with Crippen LogP contribution in [0.1, 0.15) is 46.5 Å². The van der Waals surface area contributed by atoms with E-state index in [0.29, 0.717) is 11.7 Å². The van der Waals surface area contributed by atoms with Gasteiger partial charge in [-0.3, -0.25) is 9.79 Å². The van der Waals surface area contributed by atoms with E-state index in [0.717, 1.165) is 37.9 Å². The van der Waals surface area contributed by atoms with Crippen LogP contribution in [0.3, 0.4) is 0 Å². The van der Waals surface area contributed by atoms with Gasteiger partial charge in [0, 0.05) is 12.5 Å². The molecule has 80 valence electrons. The Bertz CT molecular complexity index is 232. The lowest BCUT2D eigenvalue weighted by Gasteiger charge is -2.19. The standard InChI is InChI=1S/C12H21NO/c1-4-9(2)10(3)12(14)11-7-5-6-8-13-11/h9-10H,4-8H2,1-3H3. The van der Waals surface area contributed by atoms with Gasteiger partial charge in [0.15, 0.2) is 5.78 Å². The van der Waals surface area contributed by atoms with Crippen molar-refractivity contribution in [1.82, 2.24) is 0 Å². The molecule has 1 heterocycles. The summed E-state index contributed by atoms with van der Waals surface area (Å²) in [6, 6.07) is 0. The molecule has 1 aliphatic rings. The van der Waals surface area contributed by atoms with E-state index < -0.39 is 0 Å². The molecule has 0 amide bonds. The van der Waals surface area contributed by atoms with E-state index in [-0.39, 0.29) is 5.92 Å². The largest absolute Gasteiger partial charge is 0.293 e. The molecule has 0 radical (unpaired) electrons. The first-order valence-electron chi connectivity index (χ1n) is 5.74. The van der Waals surface area contributed by atoms with Crippen molar-refractivity contribution in [2.24, 2.45) is 16.8 Å². The number of rotatable bonds is 4. The first-order chi connectivity index (χ1) is 6.66. The molecular weight excluding hydrogens is 174 g/mol. The van der Waals surface area contributed by atoms with Crippen molar-refractivity contribution >= 4 is 11.5 Å². The van der Waals surface area contributed by atoms with Crippen LogP contribution >= 0.6 is 0 Å². The molecule has 0 spiro atoms. The fourth-order valence-corrected chi connectivity index (χ4v) is 1.77. The molecule has 2 atom stereocenters. The topological polar surface area (TPSA) is 29.4 Å². The second-order valence-corrected chi connectivity index (χ2v) is 4.32. The second kappa shape index (κ2) is 5.28. The van der Waals surface area contributed by atoms with E-state index in [1.54, 1.807) is 0 Å². The number of hydrogen-bond donors (Lipinski definition) is 0. The number of ketones is 1. The highest BCUT2D eigenvalue weighted by molar-refractivity contribution is 6.40. The molecule has 0 fully saturated rings. The summed E-state index contributed by atoms with van der Waals surface area (Å²) < 4.78 is 0. The van der Waals surface area contributed by atoms with Crippen LogP contribution in [0.4, 0.5) is 0 Å². The molecule has 0 aromatic heterocycles. The molecule has 0 bridgehead atoms. The Hall–Kier alpha value is -0.660. The molecule has 0 aliphatic carbocycles. The number of hydrogen-bond acceptors (Lipinski definition) is 2. The van der Waals surface area contributed by atoms with Gasteiger partial charge in [-0.25, -0.2) is 0 Å². The lowest BCUT2D eigenvalue weighted by molar-refractivity contribution is -0.117. The van der Waals surface area contributed by atoms with Crippen LogP contribution in [-0.4, -0.2) is 18.0 Å². The van der Waals surface area contributed by atoms with E-state index in [4.69, 9.17) is 0 Å². The van der Waals surface area contributed by atoms with Gasteiger partial charge >= 0.3 is 0 Å². The molecular formula is C12H21NO. The van der Waals surface area contributed by atoms with E-state index >= 15 is 0 Å². The van der Waals surface area contributed by atoms with E-state index in [1.165, 1.54) is 0 Å². The summed E-state index contributed by atoms with van der Waals surface area (Å²) in [5.74, 6) is 0.919. The lowest BCUT2D eigenvalue weighted by atomic mass is 9.86. The fraction of sp³-hybridized carbons (Fsp3) is 0.833. The Morgan fingerprint density at radius 1 is 1.43 bits per heavy atom. The average molecular weight is 195 g/mol. The molecule has 2 unspecified atom stereocenters. The van der Waals surface area contributed by atoms with E-state index in [1.807, 2.05) is 6.92 Å². The minimum Gasteiger partial charge on any atom is -0.293 e. The quantitative estimate of drug-likeness (QED) is 0.678. The maximum atomic E-state index is 12.0. The van der Waals surface area contributed by atoms with Gasteiger partial charge in [0.25, 0.3) is 0 Å². The molecule has 0 N–H and O–H groups in total. The molecule has 1 rings (SSSR count). The van der Waals surface area contributed by atoms with Gasteiger partial charge in [0.1, 0.15) is 0 Å². The summed E-state index contributed by atoms with van der Waals surface area (Å²) in [4.78, 5) is 16.3. The summed E-state index contributed by atoms with van der Waals surface area (Å²) >= 11 is 0. The van der Waals surface area contributed by atoms with Crippen LogP contribution in [0.5, 0.6) is 0 Å². The zero-order valence-electron chi connectivity index (χ0n) is 9.55. The minimum absolute atomic E-state index is 0.150. The number of Topliss-reactive ketones (excluding diaryl/α,β-unsaturated/α-hetero) is 1. The molecule has 0 aromatic rings. The summed E-state index contributed by atoms with van der Waals surface area (Å²) in [7, 11) is 0. The van der Waals surface area contributed by atoms with E-state index in [2.05, 4.69) is 18.8 Å². The molecule has 0 saturated carbocycles. The first kappa shape index (κ1) is 11.4. The Balaban J connectivity index is 2.59. The highest BCUT2D eigenvalue weighted by Gasteiger charge is 2.23. The van der Waals surface area contributed by atoms with Crippen molar-refractivity contribution in [3.05, 3.63) is 0 Å². The zero-order valence-corrected chi connectivity index (χ0v) is 9.55. The van der Waals surface area contributed by atoms with Crippen LogP contribution in [0.15, 0.2) is 4.99 Å². The lowest BCUT2D eigenvalue weighted by Crippen LogP contribution is -2.28. The monoisotopic (exact) mass is 195 g/mol. The third kappa shape index (κ3) is 2.66. The number of carbonyl (C=O) groups excluding carboxylic acids is 1. The van der Waals surface area contributed by atoms with Crippen LogP contribution in [0.25, 0.3) is 0 Å². The Labute approximate surface area is 86.8 Å². The maximum Gasteiger partial charge on any atom is 0.179 e. The Morgan fingerprint density at radius 3 is 2.64 bits per heavy atom. The molecule has 2 nitrogen and oxygen atoms in total. The normalized spacial score (nSPS) is 21.2. The number of carbonyl (C=O) groups is 1. The van der Waals surface area contributed by atoms with Crippen molar-refractivity contribution in [1.29, 1.82) is 0 Å². The number of aliphatic imine (C=N–C) groups is 1.